The second kappa shape index (κ2) is 21.9. The van der Waals surface area contributed by atoms with Crippen LogP contribution in [0.5, 0.6) is 0 Å². The van der Waals surface area contributed by atoms with Gasteiger partial charge in [-0.05, 0) is 90.7 Å². The molecule has 6 nitrogen and oxygen atoms in total. The maximum absolute atomic E-state index is 11.6. The number of rotatable bonds is 12. The number of halogens is 1. The van der Waals surface area contributed by atoms with E-state index in [4.69, 9.17) is 27.0 Å². The van der Waals surface area contributed by atoms with Crippen LogP contribution >= 0.6 is 11.6 Å². The van der Waals surface area contributed by atoms with Crippen molar-refractivity contribution in [2.24, 2.45) is 4.99 Å². The van der Waals surface area contributed by atoms with Crippen LogP contribution in [0.1, 0.15) is 102 Å². The SMILES string of the molecule is CC(C)(C)[Si](C)(C)OCc1ccc(C(=O)Cl)cc1.CC=NCCCC.[C-]#[N+]CC(=O)c1ccc(CO[Si](C)(C)C(C)(C)C)cc1.[H-].[Li+]. The summed E-state index contributed by atoms with van der Waals surface area (Å²) in [5, 5.41) is -0.0238. The van der Waals surface area contributed by atoms with E-state index < -0.39 is 21.9 Å². The van der Waals surface area contributed by atoms with Gasteiger partial charge in [0.15, 0.2) is 16.6 Å². The van der Waals surface area contributed by atoms with E-state index in [1.807, 2.05) is 37.4 Å². The van der Waals surface area contributed by atoms with E-state index in [1.54, 1.807) is 24.3 Å². The second-order valence-corrected chi connectivity index (χ2v) is 24.0. The van der Waals surface area contributed by atoms with Crippen molar-refractivity contribution in [1.29, 1.82) is 0 Å². The minimum atomic E-state index is -1.74. The first-order valence-corrected chi connectivity index (χ1v) is 21.9. The summed E-state index contributed by atoms with van der Waals surface area (Å²) >= 11 is 5.40. The predicted molar refractivity (Wildman–Crippen MR) is 198 cm³/mol. The van der Waals surface area contributed by atoms with Gasteiger partial charge in [0.1, 0.15) is 0 Å². The molecule has 0 aromatic heterocycles. The minimum Gasteiger partial charge on any atom is -1.00 e. The molecule has 0 amide bonds. The smallest absolute Gasteiger partial charge is 1.00 e. The molecule has 46 heavy (non-hydrogen) atoms. The molecule has 2 aromatic rings. The van der Waals surface area contributed by atoms with Crippen LogP contribution in [0, 0.1) is 6.57 Å². The number of carbonyl (C=O) groups is 2. The van der Waals surface area contributed by atoms with Crippen molar-refractivity contribution >= 4 is 45.5 Å². The normalized spacial score (nSPS) is 11.7. The van der Waals surface area contributed by atoms with Gasteiger partial charge in [0.2, 0.25) is 5.78 Å². The van der Waals surface area contributed by atoms with Gasteiger partial charge in [-0.1, -0.05) is 91.3 Å². The van der Waals surface area contributed by atoms with Crippen LogP contribution in [-0.4, -0.2) is 47.0 Å². The van der Waals surface area contributed by atoms with Crippen molar-refractivity contribution in [3.8, 4) is 0 Å². The van der Waals surface area contributed by atoms with Crippen LogP contribution in [0.2, 0.25) is 36.3 Å². The van der Waals surface area contributed by atoms with E-state index in [1.165, 1.54) is 12.8 Å². The van der Waals surface area contributed by atoms with Crippen LogP contribution in [0.15, 0.2) is 53.5 Å². The molecule has 0 N–H and O–H groups in total. The Morgan fingerprint density at radius 2 is 1.24 bits per heavy atom. The minimum absolute atomic E-state index is 0. The maximum atomic E-state index is 11.6. The van der Waals surface area contributed by atoms with Gasteiger partial charge in [0.25, 0.3) is 11.8 Å². The molecule has 0 fully saturated rings. The van der Waals surface area contributed by atoms with E-state index >= 15 is 0 Å². The van der Waals surface area contributed by atoms with Gasteiger partial charge < -0.3 is 15.1 Å². The first kappa shape index (κ1) is 46.3. The number of nitrogens with zero attached hydrogens (tertiary/aromatic N) is 2. The molecule has 0 saturated carbocycles. The zero-order valence-electron chi connectivity index (χ0n) is 31.8. The predicted octanol–water partition coefficient (Wildman–Crippen LogP) is 7.89. The largest absolute Gasteiger partial charge is 1.00 e. The number of carbonyl (C=O) groups excluding carboxylic acids is 2. The van der Waals surface area contributed by atoms with Crippen LogP contribution in [0.4, 0.5) is 0 Å². The van der Waals surface area contributed by atoms with Gasteiger partial charge in [-0.25, -0.2) is 6.57 Å². The van der Waals surface area contributed by atoms with Gasteiger partial charge in [0, 0.05) is 17.7 Å². The molecule has 0 heterocycles. The number of aliphatic imine (C=N–C) groups is 1. The third-order valence-electron chi connectivity index (χ3n) is 8.31. The van der Waals surface area contributed by atoms with Crippen LogP contribution in [0.3, 0.4) is 0 Å². The Morgan fingerprint density at radius 3 is 1.54 bits per heavy atom. The Morgan fingerprint density at radius 1 is 0.848 bits per heavy atom. The van der Waals surface area contributed by atoms with Gasteiger partial charge >= 0.3 is 18.9 Å². The van der Waals surface area contributed by atoms with E-state index in [9.17, 15) is 9.59 Å². The van der Waals surface area contributed by atoms with E-state index in [-0.39, 0.29) is 42.7 Å². The van der Waals surface area contributed by atoms with Gasteiger partial charge in [0.05, 0.1) is 13.2 Å². The number of hydrogen-bond donors (Lipinski definition) is 0. The van der Waals surface area contributed by atoms with Crippen molar-refractivity contribution in [2.75, 3.05) is 13.1 Å². The molecule has 10 heteroatoms. The first-order chi connectivity index (χ1) is 20.7. The Labute approximate surface area is 300 Å². The van der Waals surface area contributed by atoms with Crippen molar-refractivity contribution in [3.05, 3.63) is 82.2 Å². The quantitative estimate of drug-likeness (QED) is 0.0571. The van der Waals surface area contributed by atoms with Crippen molar-refractivity contribution < 1.29 is 38.7 Å². The molecule has 0 atom stereocenters. The maximum Gasteiger partial charge on any atom is 1.00 e. The summed E-state index contributed by atoms with van der Waals surface area (Å²) in [6, 6.07) is 14.6. The van der Waals surface area contributed by atoms with E-state index in [0.717, 1.165) is 17.7 Å². The summed E-state index contributed by atoms with van der Waals surface area (Å²) in [5.74, 6) is -0.128. The molecule has 252 valence electrons. The second-order valence-electron chi connectivity index (χ2n) is 14.0. The molecule has 0 radical (unpaired) electrons. The zero-order chi connectivity index (χ0) is 34.9. The summed E-state index contributed by atoms with van der Waals surface area (Å²) in [7, 11) is -3.46. The third kappa shape index (κ3) is 17.9. The first-order valence-electron chi connectivity index (χ1n) is 15.7. The van der Waals surface area contributed by atoms with Gasteiger partial charge in [-0.2, -0.15) is 0 Å². The average Bonchev–Trinajstić information content (AvgIpc) is 2.95. The fraction of sp³-hybridized carbons (Fsp3) is 0.556. The Balaban J connectivity index is -0.000000665. The van der Waals surface area contributed by atoms with Crippen molar-refractivity contribution in [2.45, 2.75) is 118 Å². The molecule has 0 saturated heterocycles. The summed E-state index contributed by atoms with van der Waals surface area (Å²) in [6.07, 6.45) is 4.33. The van der Waals surface area contributed by atoms with Crippen LogP contribution in [0.25, 0.3) is 4.85 Å². The molecule has 0 aliphatic carbocycles. The van der Waals surface area contributed by atoms with Crippen LogP contribution < -0.4 is 18.9 Å². The van der Waals surface area contributed by atoms with Crippen LogP contribution in [-0.2, 0) is 22.1 Å². The number of Topliss-reactive ketones (excluding diaryl/α,β-unsaturated/α-hetero) is 1. The number of unbranched alkanes of at least 4 members (excludes halogenated alkanes) is 1. The Kier molecular flexibility index (Phi) is 22.1. The molecule has 0 unspecified atom stereocenters. The monoisotopic (exact) mass is 680 g/mol. The molecular weight excluding hydrogens is 623 g/mol. The summed E-state index contributed by atoms with van der Waals surface area (Å²) in [6.45, 7) is 35.1. The molecular formula is C36H58ClLiN2O4Si2. The fourth-order valence-corrected chi connectivity index (χ4v) is 5.07. The number of benzene rings is 2. The summed E-state index contributed by atoms with van der Waals surface area (Å²) in [4.78, 5) is 29.7. The fourth-order valence-electron chi connectivity index (χ4n) is 3.02. The average molecular weight is 681 g/mol. The van der Waals surface area contributed by atoms with Gasteiger partial charge in [-0.15, -0.1) is 0 Å². The molecule has 2 aromatic carbocycles. The summed E-state index contributed by atoms with van der Waals surface area (Å²) in [5.41, 5.74) is 3.25. The number of ketones is 1. The van der Waals surface area contributed by atoms with Crippen molar-refractivity contribution in [3.63, 3.8) is 0 Å². The van der Waals surface area contributed by atoms with E-state index in [2.05, 4.69) is 84.5 Å². The van der Waals surface area contributed by atoms with Crippen molar-refractivity contribution in [1.82, 2.24) is 0 Å². The Bertz CT molecular complexity index is 1250. The molecule has 0 bridgehead atoms. The molecule has 0 aliphatic heterocycles. The van der Waals surface area contributed by atoms with E-state index in [0.29, 0.717) is 24.3 Å². The van der Waals surface area contributed by atoms with Gasteiger partial charge in [-0.3, -0.25) is 14.6 Å². The molecule has 2 rings (SSSR count). The molecule has 0 spiro atoms. The number of hydrogen-bond acceptors (Lipinski definition) is 5. The molecule has 0 aliphatic rings. The summed E-state index contributed by atoms with van der Waals surface area (Å²) < 4.78 is 12.2. The topological polar surface area (TPSA) is 69.3 Å². The third-order valence-corrected chi connectivity index (χ3v) is 17.5. The zero-order valence-corrected chi connectivity index (χ0v) is 33.6. The standard InChI is InChI=1S/C16H23NO2Si.C14H21ClO2Si.C6H13N.Li.H/c1-16(2,3)20(5,6)19-12-13-7-9-14(10-8-13)15(18)11-17-4;1-14(2,3)18(4,5)17-10-11-6-8-12(9-7-11)13(15)16;1-3-5-6-7-4-2;;/h7-10H,11-12H2,1-3,5-6H3;6-9H,10H2,1-5H3;4H,3,5-6H2,1-2H3;;/q;;;+1;-1. The Hall–Kier alpha value is -1.82.